The highest BCUT2D eigenvalue weighted by Gasteiger charge is 2.40. The van der Waals surface area contributed by atoms with Gasteiger partial charge in [0.05, 0.1) is 5.56 Å². The van der Waals surface area contributed by atoms with Gasteiger partial charge in [0.15, 0.2) is 0 Å². The summed E-state index contributed by atoms with van der Waals surface area (Å²) in [6, 6.07) is 13.0. The Bertz CT molecular complexity index is 891. The minimum absolute atomic E-state index is 0.0614. The molecule has 1 unspecified atom stereocenters. The number of rotatable bonds is 4. The summed E-state index contributed by atoms with van der Waals surface area (Å²) >= 11 is 0. The van der Waals surface area contributed by atoms with Crippen LogP contribution in [-0.4, -0.2) is 16.2 Å². The van der Waals surface area contributed by atoms with E-state index in [9.17, 15) is 15.0 Å². The van der Waals surface area contributed by atoms with E-state index >= 15 is 0 Å². The molecule has 0 saturated carbocycles. The highest BCUT2D eigenvalue weighted by atomic mass is 16.4. The quantitative estimate of drug-likeness (QED) is 0.723. The number of aromatic carboxylic acids is 1. The second-order valence-corrected chi connectivity index (χ2v) is 9.83. The Balaban J connectivity index is 2.17. The lowest BCUT2D eigenvalue weighted by Gasteiger charge is -2.43. The van der Waals surface area contributed by atoms with Crippen LogP contribution in [0.1, 0.15) is 87.0 Å². The van der Waals surface area contributed by atoms with Crippen molar-refractivity contribution < 1.29 is 15.0 Å². The molecule has 3 heteroatoms. The van der Waals surface area contributed by atoms with Gasteiger partial charge < -0.3 is 10.2 Å². The molecule has 0 saturated heterocycles. The normalized spacial score (nSPS) is 19.7. The first-order valence-electron chi connectivity index (χ1n) is 10.1. The van der Waals surface area contributed by atoms with E-state index in [1.165, 1.54) is 11.1 Å². The molecule has 28 heavy (non-hydrogen) atoms. The predicted molar refractivity (Wildman–Crippen MR) is 113 cm³/mol. The van der Waals surface area contributed by atoms with Crippen LogP contribution in [0, 0.1) is 5.92 Å². The Morgan fingerprint density at radius 1 is 0.893 bits per heavy atom. The van der Waals surface area contributed by atoms with E-state index in [0.717, 1.165) is 24.0 Å². The molecule has 2 aromatic carbocycles. The number of aliphatic hydroxyl groups is 1. The lowest BCUT2D eigenvalue weighted by atomic mass is 9.62. The van der Waals surface area contributed by atoms with Crippen molar-refractivity contribution in [3.63, 3.8) is 0 Å². The van der Waals surface area contributed by atoms with Crippen LogP contribution in [0.4, 0.5) is 0 Å². The number of hydrogen-bond acceptors (Lipinski definition) is 2. The molecule has 150 valence electrons. The van der Waals surface area contributed by atoms with Crippen LogP contribution in [0.5, 0.6) is 0 Å². The first-order chi connectivity index (χ1) is 12.9. The summed E-state index contributed by atoms with van der Waals surface area (Å²) in [6.07, 6.45) is 2.27. The van der Waals surface area contributed by atoms with Crippen molar-refractivity contribution in [1.82, 2.24) is 0 Å². The Labute approximate surface area is 168 Å². The van der Waals surface area contributed by atoms with E-state index in [0.29, 0.717) is 0 Å². The molecule has 0 aliphatic heterocycles. The molecule has 0 fully saturated rings. The van der Waals surface area contributed by atoms with E-state index in [2.05, 4.69) is 39.8 Å². The van der Waals surface area contributed by atoms with Gasteiger partial charge in [0, 0.05) is 0 Å². The van der Waals surface area contributed by atoms with Gasteiger partial charge in [0.25, 0.3) is 0 Å². The number of hydrogen-bond donors (Lipinski definition) is 2. The van der Waals surface area contributed by atoms with Crippen LogP contribution in [0.3, 0.4) is 0 Å². The molecule has 1 aliphatic carbocycles. The summed E-state index contributed by atoms with van der Waals surface area (Å²) < 4.78 is 0. The fourth-order valence-corrected chi connectivity index (χ4v) is 4.53. The average Bonchev–Trinajstić information content (AvgIpc) is 2.64. The van der Waals surface area contributed by atoms with E-state index in [4.69, 9.17) is 0 Å². The summed E-state index contributed by atoms with van der Waals surface area (Å²) in [5, 5.41) is 21.0. The third-order valence-electron chi connectivity index (χ3n) is 6.70. The molecule has 0 amide bonds. The molecule has 0 radical (unpaired) electrons. The van der Waals surface area contributed by atoms with Crippen molar-refractivity contribution >= 4 is 5.97 Å². The van der Waals surface area contributed by atoms with Gasteiger partial charge in [-0.25, -0.2) is 4.79 Å². The van der Waals surface area contributed by atoms with Crippen LogP contribution in [-0.2, 0) is 16.4 Å². The lowest BCUT2D eigenvalue weighted by molar-refractivity contribution is 0.0315. The molecular formula is C25H32O3. The van der Waals surface area contributed by atoms with Gasteiger partial charge in [0.2, 0.25) is 0 Å². The Morgan fingerprint density at radius 2 is 1.39 bits per heavy atom. The minimum Gasteiger partial charge on any atom is -0.478 e. The predicted octanol–water partition coefficient (Wildman–Crippen LogP) is 5.63. The zero-order valence-corrected chi connectivity index (χ0v) is 17.8. The standard InChI is InChI=1S/C25H32O3/c1-16(2)25(28,18-9-7-17(8-10-18)22(26)27)19-11-12-20-21(15-19)24(5,6)14-13-23(20,3)4/h7-12,15-16,28H,13-14H2,1-6H3,(H,26,27). The maximum atomic E-state index is 11.8. The van der Waals surface area contributed by atoms with Gasteiger partial charge in [0.1, 0.15) is 5.60 Å². The largest absolute Gasteiger partial charge is 0.478 e. The molecule has 2 aromatic rings. The minimum atomic E-state index is -1.18. The van der Waals surface area contributed by atoms with Gasteiger partial charge in [-0.15, -0.1) is 0 Å². The second-order valence-electron chi connectivity index (χ2n) is 9.83. The van der Waals surface area contributed by atoms with Crippen molar-refractivity contribution in [2.24, 2.45) is 5.92 Å². The van der Waals surface area contributed by atoms with E-state index in [-0.39, 0.29) is 22.3 Å². The molecule has 2 N–H and O–H groups in total. The van der Waals surface area contributed by atoms with Crippen LogP contribution in [0.2, 0.25) is 0 Å². The SMILES string of the molecule is CC(C)C(O)(c1ccc(C(=O)O)cc1)c1ccc2c(c1)C(C)(C)CCC2(C)C. The maximum Gasteiger partial charge on any atom is 0.335 e. The summed E-state index contributed by atoms with van der Waals surface area (Å²) in [4.78, 5) is 11.2. The van der Waals surface area contributed by atoms with Crippen molar-refractivity contribution in [3.05, 3.63) is 70.3 Å². The van der Waals surface area contributed by atoms with Crippen LogP contribution in [0.25, 0.3) is 0 Å². The van der Waals surface area contributed by atoms with Crippen LogP contribution < -0.4 is 0 Å². The van der Waals surface area contributed by atoms with E-state index in [1.54, 1.807) is 24.3 Å². The molecule has 0 aromatic heterocycles. The lowest BCUT2D eigenvalue weighted by Crippen LogP contribution is -2.37. The molecule has 1 aliphatic rings. The summed E-state index contributed by atoms with van der Waals surface area (Å²) in [5.74, 6) is -1.03. The van der Waals surface area contributed by atoms with E-state index in [1.807, 2.05) is 19.9 Å². The monoisotopic (exact) mass is 380 g/mol. The Kier molecular flexibility index (Phi) is 4.95. The molecule has 0 heterocycles. The zero-order chi connectivity index (χ0) is 20.9. The Hall–Kier alpha value is -2.13. The first kappa shape index (κ1) is 20.6. The van der Waals surface area contributed by atoms with Gasteiger partial charge in [-0.3, -0.25) is 0 Å². The van der Waals surface area contributed by atoms with Crippen molar-refractivity contribution in [3.8, 4) is 0 Å². The van der Waals surface area contributed by atoms with Gasteiger partial charge in [-0.05, 0) is 64.0 Å². The fourth-order valence-electron chi connectivity index (χ4n) is 4.53. The van der Waals surface area contributed by atoms with Gasteiger partial charge in [-0.2, -0.15) is 0 Å². The topological polar surface area (TPSA) is 57.5 Å². The zero-order valence-electron chi connectivity index (χ0n) is 17.8. The second kappa shape index (κ2) is 6.73. The van der Waals surface area contributed by atoms with Crippen molar-refractivity contribution in [2.75, 3.05) is 0 Å². The summed E-state index contributed by atoms with van der Waals surface area (Å²) in [5.41, 5.74) is 3.50. The highest BCUT2D eigenvalue weighted by molar-refractivity contribution is 5.87. The smallest absolute Gasteiger partial charge is 0.335 e. The van der Waals surface area contributed by atoms with Crippen LogP contribution in [0.15, 0.2) is 42.5 Å². The van der Waals surface area contributed by atoms with E-state index < -0.39 is 11.6 Å². The number of carboxylic acid groups (broad SMARTS) is 1. The maximum absolute atomic E-state index is 11.8. The average molecular weight is 381 g/mol. The number of benzene rings is 2. The fraction of sp³-hybridized carbons (Fsp3) is 0.480. The molecule has 3 nitrogen and oxygen atoms in total. The summed E-state index contributed by atoms with van der Waals surface area (Å²) in [6.45, 7) is 13.1. The molecule has 1 atom stereocenters. The molecule has 3 rings (SSSR count). The molecular weight excluding hydrogens is 348 g/mol. The third kappa shape index (κ3) is 3.26. The molecule has 0 spiro atoms. The van der Waals surface area contributed by atoms with Gasteiger partial charge >= 0.3 is 5.97 Å². The number of carboxylic acids is 1. The summed E-state index contributed by atoms with van der Waals surface area (Å²) in [7, 11) is 0. The van der Waals surface area contributed by atoms with Crippen molar-refractivity contribution in [2.45, 2.75) is 70.8 Å². The first-order valence-corrected chi connectivity index (χ1v) is 10.1. The number of carbonyl (C=O) groups is 1. The highest BCUT2D eigenvalue weighted by Crippen LogP contribution is 2.48. The third-order valence-corrected chi connectivity index (χ3v) is 6.70. The number of fused-ring (bicyclic) bond motifs is 1. The van der Waals surface area contributed by atoms with Crippen molar-refractivity contribution in [1.29, 1.82) is 0 Å². The molecule has 0 bridgehead atoms. The Morgan fingerprint density at radius 3 is 1.89 bits per heavy atom. The van der Waals surface area contributed by atoms with Crippen LogP contribution >= 0.6 is 0 Å². The van der Waals surface area contributed by atoms with Gasteiger partial charge in [-0.1, -0.05) is 71.9 Å².